The van der Waals surface area contributed by atoms with E-state index in [0.29, 0.717) is 12.5 Å². The highest BCUT2D eigenvalue weighted by atomic mass is 16.1. The van der Waals surface area contributed by atoms with Crippen LogP contribution < -0.4 is 5.32 Å². The lowest BCUT2D eigenvalue weighted by molar-refractivity contribution is -0.119. The van der Waals surface area contributed by atoms with E-state index in [1.807, 2.05) is 6.08 Å². The first-order valence-corrected chi connectivity index (χ1v) is 3.73. The van der Waals surface area contributed by atoms with Crippen molar-refractivity contribution < 1.29 is 4.79 Å². The summed E-state index contributed by atoms with van der Waals surface area (Å²) in [5.41, 5.74) is 0. The van der Waals surface area contributed by atoms with Crippen molar-refractivity contribution in [2.75, 3.05) is 0 Å². The Morgan fingerprint density at radius 2 is 2.60 bits per heavy atom. The predicted molar refractivity (Wildman–Crippen MR) is 40.6 cm³/mol. The normalized spacial score (nSPS) is 24.4. The molecule has 0 bridgehead atoms. The van der Waals surface area contributed by atoms with Gasteiger partial charge in [-0.1, -0.05) is 6.08 Å². The molecule has 56 valence electrons. The van der Waals surface area contributed by atoms with Crippen LogP contribution in [0.25, 0.3) is 0 Å². The van der Waals surface area contributed by atoms with Crippen LogP contribution in [0.1, 0.15) is 25.7 Å². The molecule has 0 unspecified atom stereocenters. The van der Waals surface area contributed by atoms with E-state index in [-0.39, 0.29) is 5.91 Å². The van der Waals surface area contributed by atoms with Gasteiger partial charge in [-0.3, -0.25) is 4.79 Å². The van der Waals surface area contributed by atoms with E-state index < -0.39 is 0 Å². The number of nitrogens with one attached hydrogen (secondary N) is 1. The van der Waals surface area contributed by atoms with E-state index >= 15 is 0 Å². The Balaban J connectivity index is 2.18. The summed E-state index contributed by atoms with van der Waals surface area (Å²) in [5.74, 6) is 0.203. The number of carbonyl (C=O) groups excluding carboxylic acids is 1. The topological polar surface area (TPSA) is 29.1 Å². The molecule has 0 aromatic carbocycles. The molecule has 1 fully saturated rings. The summed E-state index contributed by atoms with van der Waals surface area (Å²) in [6, 6.07) is 0.422. The van der Waals surface area contributed by atoms with Gasteiger partial charge in [0, 0.05) is 12.5 Å². The molecule has 0 aromatic heterocycles. The zero-order chi connectivity index (χ0) is 7.40. The highest BCUT2D eigenvalue weighted by Gasteiger charge is 2.18. The first kappa shape index (κ1) is 7.32. The summed E-state index contributed by atoms with van der Waals surface area (Å²) in [6.07, 6.45) is 5.67. The van der Waals surface area contributed by atoms with Gasteiger partial charge in [0.15, 0.2) is 0 Å². The number of hydrogen-bond acceptors (Lipinski definition) is 1. The number of allylic oxidation sites excluding steroid dienone is 1. The van der Waals surface area contributed by atoms with Crippen LogP contribution in [0.3, 0.4) is 0 Å². The van der Waals surface area contributed by atoms with Crippen LogP contribution in [-0.4, -0.2) is 11.9 Å². The van der Waals surface area contributed by atoms with Gasteiger partial charge < -0.3 is 5.32 Å². The molecular weight excluding hydrogens is 126 g/mol. The van der Waals surface area contributed by atoms with Gasteiger partial charge in [0.1, 0.15) is 0 Å². The number of carbonyl (C=O) groups is 1. The zero-order valence-corrected chi connectivity index (χ0v) is 6.10. The van der Waals surface area contributed by atoms with Crippen molar-refractivity contribution in [1.82, 2.24) is 5.32 Å². The van der Waals surface area contributed by atoms with Crippen LogP contribution in [0.4, 0.5) is 0 Å². The lowest BCUT2D eigenvalue weighted by atomic mass is 10.1. The maximum absolute atomic E-state index is 10.7. The SMILES string of the molecule is C=CCC[C@H]1CCC(=O)N1. The van der Waals surface area contributed by atoms with E-state index in [4.69, 9.17) is 0 Å². The molecule has 1 heterocycles. The fourth-order valence-electron chi connectivity index (χ4n) is 1.21. The molecule has 0 spiro atoms. The third kappa shape index (κ3) is 1.87. The Hall–Kier alpha value is -0.790. The maximum Gasteiger partial charge on any atom is 0.220 e. The smallest absolute Gasteiger partial charge is 0.220 e. The van der Waals surface area contributed by atoms with E-state index in [9.17, 15) is 4.79 Å². The summed E-state index contributed by atoms with van der Waals surface area (Å²) in [5, 5.41) is 2.90. The monoisotopic (exact) mass is 139 g/mol. The van der Waals surface area contributed by atoms with Crippen molar-refractivity contribution in [2.45, 2.75) is 31.7 Å². The van der Waals surface area contributed by atoms with Crippen LogP contribution in [0, 0.1) is 0 Å². The van der Waals surface area contributed by atoms with Gasteiger partial charge in [-0.25, -0.2) is 0 Å². The molecule has 0 aliphatic carbocycles. The van der Waals surface area contributed by atoms with Crippen LogP contribution in [0.5, 0.6) is 0 Å². The summed E-state index contributed by atoms with van der Waals surface area (Å²) < 4.78 is 0. The van der Waals surface area contributed by atoms with Gasteiger partial charge in [0.05, 0.1) is 0 Å². The summed E-state index contributed by atoms with van der Waals surface area (Å²) in [6.45, 7) is 3.63. The molecule has 1 aliphatic rings. The van der Waals surface area contributed by atoms with Crippen molar-refractivity contribution in [3.63, 3.8) is 0 Å². The Bertz CT molecular complexity index is 142. The fraction of sp³-hybridized carbons (Fsp3) is 0.625. The minimum absolute atomic E-state index is 0.203. The van der Waals surface area contributed by atoms with Gasteiger partial charge in [-0.2, -0.15) is 0 Å². The van der Waals surface area contributed by atoms with Crippen molar-refractivity contribution >= 4 is 5.91 Å². The lowest BCUT2D eigenvalue weighted by Gasteiger charge is -2.05. The molecule has 1 aliphatic heterocycles. The Labute approximate surface area is 61.3 Å². The lowest BCUT2D eigenvalue weighted by Crippen LogP contribution is -2.24. The second kappa shape index (κ2) is 3.40. The number of hydrogen-bond donors (Lipinski definition) is 1. The molecule has 0 aromatic rings. The summed E-state index contributed by atoms with van der Waals surface area (Å²) in [7, 11) is 0. The van der Waals surface area contributed by atoms with Gasteiger partial charge in [-0.15, -0.1) is 6.58 Å². The predicted octanol–water partition coefficient (Wildman–Crippen LogP) is 1.23. The average molecular weight is 139 g/mol. The van der Waals surface area contributed by atoms with Crippen molar-refractivity contribution in [3.05, 3.63) is 12.7 Å². The molecule has 1 N–H and O–H groups in total. The van der Waals surface area contributed by atoms with Gasteiger partial charge in [-0.05, 0) is 19.3 Å². The molecule has 1 rings (SSSR count). The molecule has 2 heteroatoms. The van der Waals surface area contributed by atoms with E-state index in [0.717, 1.165) is 19.3 Å². The molecule has 1 atom stereocenters. The molecule has 1 amide bonds. The molecule has 1 saturated heterocycles. The third-order valence-corrected chi connectivity index (χ3v) is 1.80. The van der Waals surface area contributed by atoms with Crippen LogP contribution >= 0.6 is 0 Å². The zero-order valence-electron chi connectivity index (χ0n) is 6.10. The van der Waals surface area contributed by atoms with Gasteiger partial charge in [0.25, 0.3) is 0 Å². The average Bonchev–Trinajstić information content (AvgIpc) is 2.31. The van der Waals surface area contributed by atoms with Crippen LogP contribution in [0.2, 0.25) is 0 Å². The van der Waals surface area contributed by atoms with Gasteiger partial charge in [0.2, 0.25) is 5.91 Å². The van der Waals surface area contributed by atoms with E-state index in [2.05, 4.69) is 11.9 Å². The van der Waals surface area contributed by atoms with Crippen molar-refractivity contribution in [3.8, 4) is 0 Å². The third-order valence-electron chi connectivity index (χ3n) is 1.80. The highest BCUT2D eigenvalue weighted by Crippen LogP contribution is 2.11. The molecule has 0 radical (unpaired) electrons. The van der Waals surface area contributed by atoms with E-state index in [1.54, 1.807) is 0 Å². The molecular formula is C8H13NO. The Morgan fingerprint density at radius 3 is 3.10 bits per heavy atom. The van der Waals surface area contributed by atoms with E-state index in [1.165, 1.54) is 0 Å². The second-order valence-corrected chi connectivity index (χ2v) is 2.67. The van der Waals surface area contributed by atoms with Gasteiger partial charge >= 0.3 is 0 Å². The van der Waals surface area contributed by atoms with Crippen molar-refractivity contribution in [1.29, 1.82) is 0 Å². The Kier molecular flexibility index (Phi) is 2.49. The standard InChI is InChI=1S/C8H13NO/c1-2-3-4-7-5-6-8(10)9-7/h2,7H,1,3-6H2,(H,9,10)/t7-/m0/s1. The molecule has 2 nitrogen and oxygen atoms in total. The van der Waals surface area contributed by atoms with Crippen LogP contribution in [-0.2, 0) is 4.79 Å². The minimum Gasteiger partial charge on any atom is -0.353 e. The largest absolute Gasteiger partial charge is 0.353 e. The first-order chi connectivity index (χ1) is 4.83. The molecule has 10 heavy (non-hydrogen) atoms. The maximum atomic E-state index is 10.7. The number of rotatable bonds is 3. The quantitative estimate of drug-likeness (QED) is 0.585. The summed E-state index contributed by atoms with van der Waals surface area (Å²) >= 11 is 0. The number of amides is 1. The van der Waals surface area contributed by atoms with Crippen molar-refractivity contribution in [2.24, 2.45) is 0 Å². The minimum atomic E-state index is 0.203. The van der Waals surface area contributed by atoms with Crippen LogP contribution in [0.15, 0.2) is 12.7 Å². The fourth-order valence-corrected chi connectivity index (χ4v) is 1.21. The summed E-state index contributed by atoms with van der Waals surface area (Å²) in [4.78, 5) is 10.7. The highest BCUT2D eigenvalue weighted by molar-refractivity contribution is 5.78. The molecule has 0 saturated carbocycles. The Morgan fingerprint density at radius 1 is 1.80 bits per heavy atom. The first-order valence-electron chi connectivity index (χ1n) is 3.73. The second-order valence-electron chi connectivity index (χ2n) is 2.67.